The summed E-state index contributed by atoms with van der Waals surface area (Å²) < 4.78 is 0. The Morgan fingerprint density at radius 1 is 1.54 bits per heavy atom. The van der Waals surface area contributed by atoms with Crippen molar-refractivity contribution >= 4 is 5.91 Å². The highest BCUT2D eigenvalue weighted by Crippen LogP contribution is 1.93. The van der Waals surface area contributed by atoms with Gasteiger partial charge >= 0.3 is 0 Å². The van der Waals surface area contributed by atoms with E-state index in [4.69, 9.17) is 5.11 Å². The molecule has 0 aliphatic rings. The van der Waals surface area contributed by atoms with Gasteiger partial charge < -0.3 is 10.4 Å². The highest BCUT2D eigenvalue weighted by molar-refractivity contribution is 5.77. The van der Waals surface area contributed by atoms with Crippen LogP contribution in [0.25, 0.3) is 0 Å². The molecule has 0 saturated heterocycles. The lowest BCUT2D eigenvalue weighted by Crippen LogP contribution is -2.28. The van der Waals surface area contributed by atoms with E-state index in [0.717, 1.165) is 5.69 Å². The van der Waals surface area contributed by atoms with E-state index in [1.54, 1.807) is 18.3 Å². The molecule has 0 saturated carbocycles. The van der Waals surface area contributed by atoms with Crippen LogP contribution in [0.15, 0.2) is 24.4 Å². The quantitative estimate of drug-likeness (QED) is 0.670. The highest BCUT2D eigenvalue weighted by atomic mass is 16.3. The fraction of sp³-hybridized carbons (Fsp3) is 0.333. The Bertz CT molecular complexity index is 262. The Hall–Kier alpha value is -1.42. The number of nitrogens with zero attached hydrogens (tertiary/aromatic N) is 1. The van der Waals surface area contributed by atoms with Crippen LogP contribution in [0, 0.1) is 0 Å². The van der Waals surface area contributed by atoms with Gasteiger partial charge in [0.15, 0.2) is 0 Å². The molecule has 0 unspecified atom stereocenters. The summed E-state index contributed by atoms with van der Waals surface area (Å²) >= 11 is 0. The molecule has 1 heterocycles. The van der Waals surface area contributed by atoms with Gasteiger partial charge in [0, 0.05) is 18.4 Å². The predicted octanol–water partition coefficient (Wildman–Crippen LogP) is -0.267. The van der Waals surface area contributed by atoms with Gasteiger partial charge in [0.2, 0.25) is 5.91 Å². The first-order chi connectivity index (χ1) is 6.33. The summed E-state index contributed by atoms with van der Waals surface area (Å²) in [6.45, 7) is 0.264. The van der Waals surface area contributed by atoms with Gasteiger partial charge in [-0.2, -0.15) is 0 Å². The molecule has 0 fully saturated rings. The van der Waals surface area contributed by atoms with Crippen LogP contribution >= 0.6 is 0 Å². The van der Waals surface area contributed by atoms with E-state index in [1.165, 1.54) is 0 Å². The fourth-order valence-corrected chi connectivity index (χ4v) is 0.925. The molecule has 0 aliphatic carbocycles. The molecule has 4 nitrogen and oxygen atoms in total. The van der Waals surface area contributed by atoms with E-state index in [0.29, 0.717) is 6.54 Å². The van der Waals surface area contributed by atoms with Gasteiger partial charge in [-0.15, -0.1) is 0 Å². The third kappa shape index (κ3) is 3.66. The van der Waals surface area contributed by atoms with Crippen LogP contribution in [0.3, 0.4) is 0 Å². The first kappa shape index (κ1) is 9.67. The first-order valence-electron chi connectivity index (χ1n) is 4.10. The lowest BCUT2D eigenvalue weighted by molar-refractivity contribution is -0.120. The minimum absolute atomic E-state index is 0.0338. The number of rotatable bonds is 4. The van der Waals surface area contributed by atoms with E-state index in [1.807, 2.05) is 6.07 Å². The molecule has 0 atom stereocenters. The van der Waals surface area contributed by atoms with Crippen LogP contribution in [-0.2, 0) is 11.2 Å². The number of amides is 1. The fourth-order valence-electron chi connectivity index (χ4n) is 0.925. The maximum Gasteiger partial charge on any atom is 0.226 e. The minimum atomic E-state index is -0.118. The van der Waals surface area contributed by atoms with Crippen molar-refractivity contribution in [1.29, 1.82) is 0 Å². The molecule has 1 aromatic rings. The van der Waals surface area contributed by atoms with Crippen molar-refractivity contribution in [2.45, 2.75) is 6.42 Å². The predicted molar refractivity (Wildman–Crippen MR) is 48.0 cm³/mol. The SMILES string of the molecule is O=C(Cc1ccccn1)NCCO. The van der Waals surface area contributed by atoms with Crippen LogP contribution in [0.2, 0.25) is 0 Å². The van der Waals surface area contributed by atoms with Crippen LogP contribution in [-0.4, -0.2) is 29.1 Å². The normalized spacial score (nSPS) is 9.62. The standard InChI is InChI=1S/C9H12N2O2/c12-6-5-11-9(13)7-8-3-1-2-4-10-8/h1-4,12H,5-7H2,(H,11,13). The van der Waals surface area contributed by atoms with Crippen molar-refractivity contribution in [2.24, 2.45) is 0 Å². The second-order valence-corrected chi connectivity index (χ2v) is 2.57. The van der Waals surface area contributed by atoms with E-state index in [-0.39, 0.29) is 18.9 Å². The van der Waals surface area contributed by atoms with Crippen molar-refractivity contribution < 1.29 is 9.90 Å². The van der Waals surface area contributed by atoms with Crippen LogP contribution in [0.4, 0.5) is 0 Å². The summed E-state index contributed by atoms with van der Waals surface area (Å²) in [5.74, 6) is -0.118. The van der Waals surface area contributed by atoms with Crippen molar-refractivity contribution in [3.8, 4) is 0 Å². The number of aliphatic hydroxyl groups excluding tert-OH is 1. The molecule has 4 heteroatoms. The summed E-state index contributed by atoms with van der Waals surface area (Å²) in [5, 5.41) is 11.0. The Balaban J connectivity index is 2.37. The maximum absolute atomic E-state index is 11.1. The van der Waals surface area contributed by atoms with Crippen molar-refractivity contribution in [1.82, 2.24) is 10.3 Å². The second kappa shape index (κ2) is 5.27. The van der Waals surface area contributed by atoms with Crippen LogP contribution in [0.5, 0.6) is 0 Å². The van der Waals surface area contributed by atoms with Crippen LogP contribution in [0.1, 0.15) is 5.69 Å². The van der Waals surface area contributed by atoms with Gasteiger partial charge in [-0.25, -0.2) is 0 Å². The summed E-state index contributed by atoms with van der Waals surface area (Å²) in [4.78, 5) is 15.1. The third-order valence-corrected chi connectivity index (χ3v) is 1.50. The molecular formula is C9H12N2O2. The zero-order valence-corrected chi connectivity index (χ0v) is 7.23. The van der Waals surface area contributed by atoms with E-state index >= 15 is 0 Å². The number of pyridine rings is 1. The average Bonchev–Trinajstić information content (AvgIpc) is 2.16. The Morgan fingerprint density at radius 3 is 3.00 bits per heavy atom. The number of aliphatic hydroxyl groups is 1. The molecule has 1 rings (SSSR count). The summed E-state index contributed by atoms with van der Waals surface area (Å²) in [6.07, 6.45) is 1.91. The molecular weight excluding hydrogens is 168 g/mol. The van der Waals surface area contributed by atoms with Crippen molar-refractivity contribution in [2.75, 3.05) is 13.2 Å². The number of aromatic nitrogens is 1. The molecule has 0 bridgehead atoms. The number of carbonyl (C=O) groups is 1. The van der Waals surface area contributed by atoms with Gasteiger partial charge in [0.1, 0.15) is 0 Å². The summed E-state index contributed by atoms with van der Waals surface area (Å²) in [7, 11) is 0. The van der Waals surface area contributed by atoms with Gasteiger partial charge in [0.05, 0.1) is 13.0 Å². The van der Waals surface area contributed by atoms with E-state index < -0.39 is 0 Å². The molecule has 1 aromatic heterocycles. The summed E-state index contributed by atoms with van der Waals surface area (Å²) in [6, 6.07) is 5.43. The smallest absolute Gasteiger partial charge is 0.226 e. The zero-order chi connectivity index (χ0) is 9.52. The molecule has 0 spiro atoms. The third-order valence-electron chi connectivity index (χ3n) is 1.50. The lowest BCUT2D eigenvalue weighted by Gasteiger charge is -2.01. The number of nitrogens with one attached hydrogen (secondary N) is 1. The monoisotopic (exact) mass is 180 g/mol. The lowest BCUT2D eigenvalue weighted by atomic mass is 10.2. The number of hydrogen-bond acceptors (Lipinski definition) is 3. The molecule has 2 N–H and O–H groups in total. The van der Waals surface area contributed by atoms with Crippen molar-refractivity contribution in [3.05, 3.63) is 30.1 Å². The molecule has 1 amide bonds. The first-order valence-corrected chi connectivity index (χ1v) is 4.10. The Morgan fingerprint density at radius 2 is 2.38 bits per heavy atom. The molecule has 13 heavy (non-hydrogen) atoms. The van der Waals surface area contributed by atoms with Gasteiger partial charge in [-0.3, -0.25) is 9.78 Å². The summed E-state index contributed by atoms with van der Waals surface area (Å²) in [5.41, 5.74) is 0.734. The zero-order valence-electron chi connectivity index (χ0n) is 7.23. The molecule has 0 radical (unpaired) electrons. The Labute approximate surface area is 76.6 Å². The minimum Gasteiger partial charge on any atom is -0.395 e. The van der Waals surface area contributed by atoms with E-state index in [2.05, 4.69) is 10.3 Å². The topological polar surface area (TPSA) is 62.2 Å². The molecule has 0 aliphatic heterocycles. The van der Waals surface area contributed by atoms with Gasteiger partial charge in [-0.05, 0) is 12.1 Å². The highest BCUT2D eigenvalue weighted by Gasteiger charge is 2.01. The van der Waals surface area contributed by atoms with E-state index in [9.17, 15) is 4.79 Å². The second-order valence-electron chi connectivity index (χ2n) is 2.57. The number of hydrogen-bond donors (Lipinski definition) is 2. The maximum atomic E-state index is 11.1. The van der Waals surface area contributed by atoms with Crippen molar-refractivity contribution in [3.63, 3.8) is 0 Å². The number of carbonyl (C=O) groups excluding carboxylic acids is 1. The molecule has 0 aromatic carbocycles. The largest absolute Gasteiger partial charge is 0.395 e. The van der Waals surface area contributed by atoms with Gasteiger partial charge in [0.25, 0.3) is 0 Å². The van der Waals surface area contributed by atoms with Crippen LogP contribution < -0.4 is 5.32 Å². The Kier molecular flexibility index (Phi) is 3.92. The molecule has 70 valence electrons. The van der Waals surface area contributed by atoms with Gasteiger partial charge in [-0.1, -0.05) is 6.07 Å². The average molecular weight is 180 g/mol.